The molecule has 0 amide bonds. The largest absolute Gasteiger partial charge is 0.481 e. The van der Waals surface area contributed by atoms with E-state index in [9.17, 15) is 9.18 Å². The van der Waals surface area contributed by atoms with E-state index in [0.29, 0.717) is 13.6 Å². The monoisotopic (exact) mass is 358 g/mol. The van der Waals surface area contributed by atoms with Crippen LogP contribution >= 0.6 is 38.5 Å². The van der Waals surface area contributed by atoms with Crippen LogP contribution in [0.15, 0.2) is 16.6 Å². The second kappa shape index (κ2) is 4.36. The molecule has 0 atom stereocenters. The molecule has 0 aliphatic rings. The molecular formula is C8H5BrFIO2. The summed E-state index contributed by atoms with van der Waals surface area (Å²) in [7, 11) is 0. The van der Waals surface area contributed by atoms with Crippen LogP contribution in [-0.4, -0.2) is 11.1 Å². The molecule has 1 N–H and O–H groups in total. The number of benzene rings is 1. The van der Waals surface area contributed by atoms with E-state index >= 15 is 0 Å². The molecule has 0 saturated carbocycles. The number of hydrogen-bond acceptors (Lipinski definition) is 1. The molecule has 5 heteroatoms. The highest BCUT2D eigenvalue weighted by Crippen LogP contribution is 2.22. The maximum Gasteiger partial charge on any atom is 0.307 e. The zero-order chi connectivity index (χ0) is 10.0. The number of halogens is 3. The van der Waals surface area contributed by atoms with Gasteiger partial charge in [-0.1, -0.05) is 0 Å². The first kappa shape index (κ1) is 10.9. The van der Waals surface area contributed by atoms with Gasteiger partial charge in [-0.3, -0.25) is 4.79 Å². The summed E-state index contributed by atoms with van der Waals surface area (Å²) >= 11 is 4.91. The molecule has 0 saturated heterocycles. The summed E-state index contributed by atoms with van der Waals surface area (Å²) in [5.74, 6) is -1.30. The zero-order valence-corrected chi connectivity index (χ0v) is 10.1. The molecule has 0 bridgehead atoms. The second-order valence-corrected chi connectivity index (χ2v) is 4.44. The van der Waals surface area contributed by atoms with Crippen molar-refractivity contribution in [3.05, 3.63) is 31.6 Å². The van der Waals surface area contributed by atoms with Crippen LogP contribution in [-0.2, 0) is 11.2 Å². The van der Waals surface area contributed by atoms with Crippen LogP contribution in [0.4, 0.5) is 4.39 Å². The molecule has 0 unspecified atom stereocenters. The van der Waals surface area contributed by atoms with Crippen molar-refractivity contribution >= 4 is 44.5 Å². The molecule has 0 aliphatic carbocycles. The van der Waals surface area contributed by atoms with E-state index in [0.717, 1.165) is 0 Å². The van der Waals surface area contributed by atoms with Gasteiger partial charge in [0, 0.05) is 3.57 Å². The molecule has 0 aromatic heterocycles. The number of carboxylic acid groups (broad SMARTS) is 1. The Bertz CT molecular complexity index is 354. The van der Waals surface area contributed by atoms with E-state index in [4.69, 9.17) is 5.11 Å². The number of carbonyl (C=O) groups is 1. The lowest BCUT2D eigenvalue weighted by molar-refractivity contribution is -0.136. The van der Waals surface area contributed by atoms with Gasteiger partial charge in [-0.25, -0.2) is 4.39 Å². The van der Waals surface area contributed by atoms with Gasteiger partial charge in [0.25, 0.3) is 0 Å². The Hall–Kier alpha value is -0.170. The molecule has 0 spiro atoms. The fourth-order valence-electron chi connectivity index (χ4n) is 0.862. The maximum atomic E-state index is 12.9. The number of rotatable bonds is 2. The molecule has 0 aliphatic heterocycles. The van der Waals surface area contributed by atoms with Gasteiger partial charge in [0.1, 0.15) is 5.82 Å². The Morgan fingerprint density at radius 3 is 2.77 bits per heavy atom. The lowest BCUT2D eigenvalue weighted by Gasteiger charge is -2.02. The van der Waals surface area contributed by atoms with Crippen LogP contribution in [0.1, 0.15) is 5.56 Å². The summed E-state index contributed by atoms with van der Waals surface area (Å²) in [5.41, 5.74) is 0.612. The molecule has 0 radical (unpaired) electrons. The minimum absolute atomic E-state index is 0.0862. The summed E-state index contributed by atoms with van der Waals surface area (Å²) in [4.78, 5) is 10.4. The van der Waals surface area contributed by atoms with E-state index in [1.54, 1.807) is 0 Å². The van der Waals surface area contributed by atoms with Crippen LogP contribution in [0.3, 0.4) is 0 Å². The molecule has 1 aromatic carbocycles. The van der Waals surface area contributed by atoms with E-state index in [1.807, 2.05) is 22.6 Å². The first-order chi connectivity index (χ1) is 6.00. The van der Waals surface area contributed by atoms with Crippen LogP contribution in [0.25, 0.3) is 0 Å². The van der Waals surface area contributed by atoms with Crippen molar-refractivity contribution in [3.63, 3.8) is 0 Å². The average Bonchev–Trinajstić information content (AvgIpc) is 1.99. The highest BCUT2D eigenvalue weighted by molar-refractivity contribution is 14.1. The van der Waals surface area contributed by atoms with Crippen LogP contribution in [0.5, 0.6) is 0 Å². The third-order valence-corrected chi connectivity index (χ3v) is 3.04. The molecule has 13 heavy (non-hydrogen) atoms. The lowest BCUT2D eigenvalue weighted by Crippen LogP contribution is -2.02. The Balaban J connectivity index is 3.08. The van der Waals surface area contributed by atoms with E-state index in [1.165, 1.54) is 12.1 Å². The average molecular weight is 359 g/mol. The fourth-order valence-corrected chi connectivity index (χ4v) is 1.87. The third kappa shape index (κ3) is 2.91. The van der Waals surface area contributed by atoms with Gasteiger partial charge < -0.3 is 5.11 Å². The smallest absolute Gasteiger partial charge is 0.307 e. The maximum absolute atomic E-state index is 12.9. The van der Waals surface area contributed by atoms with Gasteiger partial charge in [0.2, 0.25) is 0 Å². The lowest BCUT2D eigenvalue weighted by atomic mass is 10.1. The first-order valence-corrected chi connectivity index (χ1v) is 5.23. The topological polar surface area (TPSA) is 37.3 Å². The molecule has 2 nitrogen and oxygen atoms in total. The van der Waals surface area contributed by atoms with Crippen LogP contribution < -0.4 is 0 Å². The normalized spacial score (nSPS) is 10.1. The Morgan fingerprint density at radius 1 is 1.62 bits per heavy atom. The van der Waals surface area contributed by atoms with E-state index in [-0.39, 0.29) is 12.2 Å². The Morgan fingerprint density at radius 2 is 2.23 bits per heavy atom. The predicted molar refractivity (Wildman–Crippen MR) is 58.2 cm³/mol. The Kier molecular flexibility index (Phi) is 3.66. The summed E-state index contributed by atoms with van der Waals surface area (Å²) in [6, 6.07) is 2.80. The van der Waals surface area contributed by atoms with Crippen molar-refractivity contribution in [1.29, 1.82) is 0 Å². The van der Waals surface area contributed by atoms with Crippen molar-refractivity contribution in [1.82, 2.24) is 0 Å². The number of hydrogen-bond donors (Lipinski definition) is 1. The quantitative estimate of drug-likeness (QED) is 0.652. The summed E-state index contributed by atoms with van der Waals surface area (Å²) < 4.78 is 13.8. The molecule has 1 aromatic rings. The highest BCUT2D eigenvalue weighted by Gasteiger charge is 2.08. The van der Waals surface area contributed by atoms with Crippen molar-refractivity contribution < 1.29 is 14.3 Å². The van der Waals surface area contributed by atoms with Crippen molar-refractivity contribution in [2.24, 2.45) is 0 Å². The summed E-state index contributed by atoms with van der Waals surface area (Å²) in [6.07, 6.45) is -0.0862. The van der Waals surface area contributed by atoms with Crippen molar-refractivity contribution in [2.75, 3.05) is 0 Å². The van der Waals surface area contributed by atoms with Gasteiger partial charge in [-0.2, -0.15) is 0 Å². The molecule has 70 valence electrons. The van der Waals surface area contributed by atoms with Gasteiger partial charge in [-0.05, 0) is 56.2 Å². The molecule has 0 fully saturated rings. The zero-order valence-electron chi connectivity index (χ0n) is 6.35. The summed E-state index contributed by atoms with van der Waals surface area (Å²) in [5, 5.41) is 8.54. The fraction of sp³-hybridized carbons (Fsp3) is 0.125. The third-order valence-electron chi connectivity index (χ3n) is 1.43. The first-order valence-electron chi connectivity index (χ1n) is 3.36. The minimum Gasteiger partial charge on any atom is -0.481 e. The second-order valence-electron chi connectivity index (χ2n) is 2.43. The van der Waals surface area contributed by atoms with Crippen LogP contribution in [0, 0.1) is 9.39 Å². The SMILES string of the molecule is O=C(O)Cc1cc(Br)c(F)cc1I. The number of carboxylic acids is 1. The standard InChI is InChI=1S/C8H5BrFIO2/c9-5-1-4(2-8(12)13)7(11)3-6(5)10/h1,3H,2H2,(H,12,13). The minimum atomic E-state index is -0.920. The van der Waals surface area contributed by atoms with Gasteiger partial charge >= 0.3 is 5.97 Å². The predicted octanol–water partition coefficient (Wildman–Crippen LogP) is 2.82. The molecule has 0 heterocycles. The van der Waals surface area contributed by atoms with Gasteiger partial charge in [-0.15, -0.1) is 0 Å². The van der Waals surface area contributed by atoms with Gasteiger partial charge in [0.15, 0.2) is 0 Å². The number of aliphatic carboxylic acids is 1. The highest BCUT2D eigenvalue weighted by atomic mass is 127. The van der Waals surface area contributed by atoms with Crippen molar-refractivity contribution in [3.8, 4) is 0 Å². The van der Waals surface area contributed by atoms with E-state index < -0.39 is 5.97 Å². The van der Waals surface area contributed by atoms with Gasteiger partial charge in [0.05, 0.1) is 10.9 Å². The van der Waals surface area contributed by atoms with E-state index in [2.05, 4.69) is 15.9 Å². The molecular weight excluding hydrogens is 354 g/mol. The molecule has 1 rings (SSSR count). The van der Waals surface area contributed by atoms with Crippen molar-refractivity contribution in [2.45, 2.75) is 6.42 Å². The summed E-state index contributed by atoms with van der Waals surface area (Å²) in [6.45, 7) is 0. The van der Waals surface area contributed by atoms with Crippen LogP contribution in [0.2, 0.25) is 0 Å². The Labute approximate surface area is 96.4 Å².